The van der Waals surface area contributed by atoms with Crippen molar-refractivity contribution in [3.63, 3.8) is 0 Å². The number of aromatic nitrogens is 2. The van der Waals surface area contributed by atoms with Crippen molar-refractivity contribution in [2.75, 3.05) is 12.4 Å². The number of hydrogen-bond donors (Lipinski definition) is 2. The minimum atomic E-state index is -1.34. The Morgan fingerprint density at radius 2 is 2.05 bits per heavy atom. The number of anilines is 1. The quantitative estimate of drug-likeness (QED) is 0.635. The summed E-state index contributed by atoms with van der Waals surface area (Å²) in [7, 11) is 1.20. The van der Waals surface area contributed by atoms with E-state index in [4.69, 9.17) is 9.84 Å². The monoisotopic (exact) mass is 302 g/mol. The first-order valence-electron chi connectivity index (χ1n) is 5.41. The number of nitrogens with zero attached hydrogens (tertiary/aromatic N) is 3. The summed E-state index contributed by atoms with van der Waals surface area (Å²) >= 11 is 0.803. The Balaban J connectivity index is 2.80. The van der Waals surface area contributed by atoms with Gasteiger partial charge in [-0.15, -0.1) is 0 Å². The zero-order chi connectivity index (χ0) is 15.3. The molecule has 0 aliphatic carbocycles. The van der Waals surface area contributed by atoms with Crippen LogP contribution in [0.5, 0.6) is 0 Å². The molecule has 0 saturated heterocycles. The van der Waals surface area contributed by atoms with Gasteiger partial charge in [0.1, 0.15) is 12.7 Å². The molecule has 2 N–H and O–H groups in total. The van der Waals surface area contributed by atoms with Gasteiger partial charge < -0.3 is 14.7 Å². The van der Waals surface area contributed by atoms with E-state index in [1.807, 2.05) is 0 Å². The van der Waals surface area contributed by atoms with Crippen LogP contribution in [-0.2, 0) is 14.4 Å². The Bertz CT molecular complexity index is 534. The first-order valence-corrected chi connectivity index (χ1v) is 6.19. The molecule has 0 aromatic carbocycles. The molecule has 0 atom stereocenters. The predicted octanol–water partition coefficient (Wildman–Crippen LogP) is 1.32. The Kier molecular flexibility index (Phi) is 4.97. The van der Waals surface area contributed by atoms with Gasteiger partial charge in [0.05, 0.1) is 0 Å². The highest BCUT2D eigenvalue weighted by molar-refractivity contribution is 7.10. The predicted molar refractivity (Wildman–Crippen MR) is 70.9 cm³/mol. The number of amides is 1. The molecule has 1 amide bonds. The minimum Gasteiger partial charge on any atom is -0.476 e. The second kappa shape index (κ2) is 6.28. The van der Waals surface area contributed by atoms with Crippen molar-refractivity contribution in [1.29, 1.82) is 0 Å². The third kappa shape index (κ3) is 4.80. The van der Waals surface area contributed by atoms with Crippen molar-refractivity contribution in [3.8, 4) is 0 Å². The van der Waals surface area contributed by atoms with Crippen molar-refractivity contribution in [2.24, 2.45) is 5.16 Å². The SMILES string of the molecule is CO/N=C(\C(=O)O)c1nsc(NC(=O)OC(C)(C)C)n1. The van der Waals surface area contributed by atoms with Crippen LogP contribution < -0.4 is 5.32 Å². The van der Waals surface area contributed by atoms with Crippen molar-refractivity contribution in [2.45, 2.75) is 26.4 Å². The second-order valence-electron chi connectivity index (χ2n) is 4.48. The van der Waals surface area contributed by atoms with Crippen LogP contribution >= 0.6 is 11.5 Å². The Hall–Kier alpha value is -2.23. The van der Waals surface area contributed by atoms with Crippen LogP contribution in [0.15, 0.2) is 5.16 Å². The first-order chi connectivity index (χ1) is 9.23. The van der Waals surface area contributed by atoms with E-state index in [0.29, 0.717) is 0 Å². The number of hydrogen-bond acceptors (Lipinski definition) is 8. The Morgan fingerprint density at radius 1 is 1.40 bits per heavy atom. The van der Waals surface area contributed by atoms with E-state index in [9.17, 15) is 9.59 Å². The molecule has 0 aliphatic rings. The Labute approximate surface area is 118 Å². The summed E-state index contributed by atoms with van der Waals surface area (Å²) in [5.74, 6) is -1.50. The topological polar surface area (TPSA) is 123 Å². The van der Waals surface area contributed by atoms with E-state index >= 15 is 0 Å². The highest BCUT2D eigenvalue weighted by Gasteiger charge is 2.21. The number of ether oxygens (including phenoxy) is 1. The van der Waals surface area contributed by atoms with Crippen LogP contribution in [0.1, 0.15) is 26.6 Å². The van der Waals surface area contributed by atoms with Gasteiger partial charge in [0.15, 0.2) is 0 Å². The first kappa shape index (κ1) is 15.8. The number of oxime groups is 1. The standard InChI is InChI=1S/C10H14N4O5S/c1-10(2,3)19-9(17)12-8-11-6(14-20-8)5(7(15)16)13-18-4/h1-4H3,(H,15,16)(H,11,12,14,17)/b13-5-. The van der Waals surface area contributed by atoms with Crippen LogP contribution in [0.4, 0.5) is 9.93 Å². The molecule has 0 aliphatic heterocycles. The average molecular weight is 302 g/mol. The van der Waals surface area contributed by atoms with E-state index in [2.05, 4.69) is 24.7 Å². The van der Waals surface area contributed by atoms with Crippen molar-refractivity contribution in [1.82, 2.24) is 9.36 Å². The molecule has 0 radical (unpaired) electrons. The third-order valence-corrected chi connectivity index (χ3v) is 2.26. The van der Waals surface area contributed by atoms with Crippen LogP contribution in [-0.4, -0.2) is 44.9 Å². The molecule has 1 aromatic rings. The summed E-state index contributed by atoms with van der Waals surface area (Å²) in [6, 6.07) is 0. The lowest BCUT2D eigenvalue weighted by Gasteiger charge is -2.18. The number of carboxylic acids is 1. The maximum atomic E-state index is 11.5. The molecule has 0 unspecified atom stereocenters. The maximum absolute atomic E-state index is 11.5. The molecule has 0 bridgehead atoms. The van der Waals surface area contributed by atoms with Crippen LogP contribution in [0.2, 0.25) is 0 Å². The van der Waals surface area contributed by atoms with Crippen molar-refractivity contribution in [3.05, 3.63) is 5.82 Å². The number of aliphatic carboxylic acids is 1. The van der Waals surface area contributed by atoms with Gasteiger partial charge in [0.2, 0.25) is 16.7 Å². The molecular formula is C10H14N4O5S. The highest BCUT2D eigenvalue weighted by atomic mass is 32.1. The van der Waals surface area contributed by atoms with E-state index in [1.165, 1.54) is 7.11 Å². The lowest BCUT2D eigenvalue weighted by molar-refractivity contribution is -0.129. The molecule has 0 fully saturated rings. The van der Waals surface area contributed by atoms with E-state index in [-0.39, 0.29) is 11.0 Å². The molecule has 110 valence electrons. The van der Waals surface area contributed by atoms with Crippen LogP contribution in [0.25, 0.3) is 0 Å². The average Bonchev–Trinajstić information content (AvgIpc) is 2.70. The van der Waals surface area contributed by atoms with Gasteiger partial charge in [-0.3, -0.25) is 5.32 Å². The second-order valence-corrected chi connectivity index (χ2v) is 5.23. The van der Waals surface area contributed by atoms with Gasteiger partial charge in [-0.05, 0) is 20.8 Å². The number of nitrogens with one attached hydrogen (secondary N) is 1. The Morgan fingerprint density at radius 3 is 2.55 bits per heavy atom. The molecule has 9 nitrogen and oxygen atoms in total. The van der Waals surface area contributed by atoms with Gasteiger partial charge in [-0.25, -0.2) is 9.59 Å². The summed E-state index contributed by atoms with van der Waals surface area (Å²) in [6.45, 7) is 5.14. The summed E-state index contributed by atoms with van der Waals surface area (Å²) in [5.41, 5.74) is -1.11. The van der Waals surface area contributed by atoms with Crippen molar-refractivity contribution < 1.29 is 24.3 Å². The lowest BCUT2D eigenvalue weighted by atomic mass is 10.2. The fraction of sp³-hybridized carbons (Fsp3) is 0.500. The number of carbonyl (C=O) groups excluding carboxylic acids is 1. The van der Waals surface area contributed by atoms with E-state index in [0.717, 1.165) is 11.5 Å². The highest BCUT2D eigenvalue weighted by Crippen LogP contribution is 2.14. The van der Waals surface area contributed by atoms with Crippen LogP contribution in [0.3, 0.4) is 0 Å². The van der Waals surface area contributed by atoms with Gasteiger partial charge in [-0.2, -0.15) is 9.36 Å². The number of rotatable bonds is 4. The van der Waals surface area contributed by atoms with Gasteiger partial charge in [0.25, 0.3) is 0 Å². The summed E-state index contributed by atoms with van der Waals surface area (Å²) < 4.78 is 8.80. The van der Waals surface area contributed by atoms with E-state index < -0.39 is 23.4 Å². The molecule has 20 heavy (non-hydrogen) atoms. The molecular weight excluding hydrogens is 288 g/mol. The summed E-state index contributed by atoms with van der Waals surface area (Å²) in [6.07, 6.45) is -0.708. The lowest BCUT2D eigenvalue weighted by Crippen LogP contribution is -2.27. The summed E-state index contributed by atoms with van der Waals surface area (Å²) in [4.78, 5) is 30.6. The van der Waals surface area contributed by atoms with Gasteiger partial charge in [0, 0.05) is 11.5 Å². The van der Waals surface area contributed by atoms with Gasteiger partial charge >= 0.3 is 12.1 Å². The molecule has 10 heteroatoms. The summed E-state index contributed by atoms with van der Waals surface area (Å²) in [5, 5.41) is 14.7. The molecule has 1 heterocycles. The van der Waals surface area contributed by atoms with E-state index in [1.54, 1.807) is 20.8 Å². The zero-order valence-corrected chi connectivity index (χ0v) is 12.1. The largest absolute Gasteiger partial charge is 0.476 e. The normalized spacial score (nSPS) is 11.9. The fourth-order valence-electron chi connectivity index (χ4n) is 1.03. The maximum Gasteiger partial charge on any atom is 0.414 e. The zero-order valence-electron chi connectivity index (χ0n) is 11.3. The number of carbonyl (C=O) groups is 2. The van der Waals surface area contributed by atoms with Crippen LogP contribution in [0, 0.1) is 0 Å². The number of carboxylic acid groups (broad SMARTS) is 1. The minimum absolute atomic E-state index is 0.0966. The third-order valence-electron chi connectivity index (χ3n) is 1.63. The molecule has 1 rings (SSSR count). The smallest absolute Gasteiger partial charge is 0.414 e. The van der Waals surface area contributed by atoms with Gasteiger partial charge in [-0.1, -0.05) is 5.16 Å². The molecule has 0 spiro atoms. The molecule has 1 aromatic heterocycles. The fourth-order valence-corrected chi connectivity index (χ4v) is 1.58. The van der Waals surface area contributed by atoms with Crippen molar-refractivity contribution >= 4 is 34.4 Å². The molecule has 0 saturated carbocycles.